The molecule has 23 heavy (non-hydrogen) atoms. The van der Waals surface area contributed by atoms with Crippen LogP contribution in [0.5, 0.6) is 0 Å². The van der Waals surface area contributed by atoms with E-state index in [1.54, 1.807) is 11.3 Å². The summed E-state index contributed by atoms with van der Waals surface area (Å²) in [7, 11) is 0. The minimum atomic E-state index is 0.0593. The summed E-state index contributed by atoms with van der Waals surface area (Å²) in [6.45, 7) is 1.32. The lowest BCUT2D eigenvalue weighted by Gasteiger charge is -2.36. The highest BCUT2D eigenvalue weighted by atomic mass is 32.1. The Labute approximate surface area is 139 Å². The molecule has 3 heterocycles. The van der Waals surface area contributed by atoms with Crippen molar-refractivity contribution in [3.8, 4) is 0 Å². The first-order valence-corrected chi connectivity index (χ1v) is 8.61. The molecular weight excluding hydrogens is 306 g/mol. The van der Waals surface area contributed by atoms with Crippen molar-refractivity contribution in [2.75, 3.05) is 0 Å². The topological polar surface area (TPSA) is 38.1 Å². The zero-order valence-electron chi connectivity index (χ0n) is 12.6. The van der Waals surface area contributed by atoms with Crippen molar-refractivity contribution in [1.29, 1.82) is 0 Å². The number of aromatic nitrogens is 2. The predicted octanol–water partition coefficient (Wildman–Crippen LogP) is 3.27. The van der Waals surface area contributed by atoms with Crippen LogP contribution in [0.2, 0.25) is 0 Å². The number of carbonyl (C=O) groups is 1. The molecule has 0 radical (unpaired) electrons. The first kappa shape index (κ1) is 14.2. The van der Waals surface area contributed by atoms with Gasteiger partial charge in [0.2, 0.25) is 5.91 Å². The molecule has 0 bridgehead atoms. The normalized spacial score (nSPS) is 17.0. The maximum atomic E-state index is 12.9. The molecule has 2 aromatic heterocycles. The summed E-state index contributed by atoms with van der Waals surface area (Å²) in [5.74, 6) is 1.11. The summed E-state index contributed by atoms with van der Waals surface area (Å²) in [5.41, 5.74) is 2.26. The third-order valence-corrected chi connectivity index (χ3v) is 5.03. The van der Waals surface area contributed by atoms with Gasteiger partial charge in [-0.25, -0.2) is 4.98 Å². The number of rotatable bonds is 3. The Morgan fingerprint density at radius 3 is 2.91 bits per heavy atom. The van der Waals surface area contributed by atoms with E-state index >= 15 is 0 Å². The fourth-order valence-corrected chi connectivity index (χ4v) is 3.77. The van der Waals surface area contributed by atoms with Gasteiger partial charge in [0, 0.05) is 18.9 Å². The number of fused-ring (bicyclic) bond motifs is 1. The summed E-state index contributed by atoms with van der Waals surface area (Å²) in [6, 6.07) is 12.3. The number of carbonyl (C=O) groups excluding carboxylic acids is 1. The quantitative estimate of drug-likeness (QED) is 0.742. The molecule has 1 atom stereocenters. The molecule has 0 N–H and O–H groups in total. The van der Waals surface area contributed by atoms with Gasteiger partial charge in [-0.3, -0.25) is 4.79 Å². The Kier molecular flexibility index (Phi) is 3.71. The molecule has 4 nitrogen and oxygen atoms in total. The molecule has 116 valence electrons. The largest absolute Gasteiger partial charge is 0.331 e. The average molecular weight is 323 g/mol. The summed E-state index contributed by atoms with van der Waals surface area (Å²) in [5, 5.41) is 4.06. The van der Waals surface area contributed by atoms with Crippen LogP contribution < -0.4 is 0 Å². The summed E-state index contributed by atoms with van der Waals surface area (Å²) in [6.07, 6.45) is 4.25. The van der Waals surface area contributed by atoms with E-state index in [2.05, 4.69) is 21.7 Å². The Hall–Kier alpha value is -2.40. The molecule has 0 aliphatic carbocycles. The highest BCUT2D eigenvalue weighted by molar-refractivity contribution is 7.08. The smallest absolute Gasteiger partial charge is 0.228 e. The number of thiophene rings is 1. The number of hydrogen-bond donors (Lipinski definition) is 0. The van der Waals surface area contributed by atoms with Crippen LogP contribution in [0, 0.1) is 0 Å². The van der Waals surface area contributed by atoms with E-state index in [4.69, 9.17) is 0 Å². The highest BCUT2D eigenvalue weighted by Gasteiger charge is 2.31. The SMILES string of the molecule is O=C(Cc1ccsc1)N1Cc2nccn2C[C@H]1c1ccccc1. The van der Waals surface area contributed by atoms with Crippen LogP contribution in [0.1, 0.15) is 23.0 Å². The van der Waals surface area contributed by atoms with Gasteiger partial charge >= 0.3 is 0 Å². The molecule has 0 saturated carbocycles. The zero-order valence-corrected chi connectivity index (χ0v) is 13.4. The van der Waals surface area contributed by atoms with Gasteiger partial charge in [-0.1, -0.05) is 30.3 Å². The highest BCUT2D eigenvalue weighted by Crippen LogP contribution is 2.29. The summed E-state index contributed by atoms with van der Waals surface area (Å²) in [4.78, 5) is 19.2. The minimum Gasteiger partial charge on any atom is -0.331 e. The van der Waals surface area contributed by atoms with Crippen molar-refractivity contribution >= 4 is 17.2 Å². The number of nitrogens with zero attached hydrogens (tertiary/aromatic N) is 3. The molecule has 4 rings (SSSR count). The van der Waals surface area contributed by atoms with Crippen LogP contribution in [-0.2, 0) is 24.3 Å². The minimum absolute atomic E-state index is 0.0593. The lowest BCUT2D eigenvalue weighted by Crippen LogP contribution is -2.41. The number of amides is 1. The van der Waals surface area contributed by atoms with Crippen LogP contribution in [0.15, 0.2) is 59.6 Å². The van der Waals surface area contributed by atoms with Crippen LogP contribution >= 0.6 is 11.3 Å². The lowest BCUT2D eigenvalue weighted by molar-refractivity contribution is -0.135. The third kappa shape index (κ3) is 2.80. The van der Waals surface area contributed by atoms with E-state index in [-0.39, 0.29) is 11.9 Å². The van der Waals surface area contributed by atoms with Crippen LogP contribution in [0.25, 0.3) is 0 Å². The standard InChI is InChI=1S/C18H17N3OS/c22-18(10-14-6-9-23-13-14)21-12-17-19-7-8-20(17)11-16(21)15-4-2-1-3-5-15/h1-9,13,16H,10-12H2/t16-/m0/s1. The van der Waals surface area contributed by atoms with Crippen LogP contribution in [0.4, 0.5) is 0 Å². The predicted molar refractivity (Wildman–Crippen MR) is 90.0 cm³/mol. The molecule has 1 amide bonds. The Morgan fingerprint density at radius 2 is 2.13 bits per heavy atom. The second-order valence-corrected chi connectivity index (χ2v) is 6.53. The van der Waals surface area contributed by atoms with Gasteiger partial charge in [-0.15, -0.1) is 0 Å². The van der Waals surface area contributed by atoms with E-state index in [1.165, 1.54) is 5.56 Å². The molecular formula is C18H17N3OS. The maximum absolute atomic E-state index is 12.9. The van der Waals surface area contributed by atoms with Crippen LogP contribution in [0.3, 0.4) is 0 Å². The van der Waals surface area contributed by atoms with Gasteiger partial charge in [0.25, 0.3) is 0 Å². The van der Waals surface area contributed by atoms with Crippen molar-refractivity contribution in [2.24, 2.45) is 0 Å². The fraction of sp³-hybridized carbons (Fsp3) is 0.222. The van der Waals surface area contributed by atoms with Gasteiger partial charge in [-0.2, -0.15) is 11.3 Å². The van der Waals surface area contributed by atoms with Gasteiger partial charge < -0.3 is 9.47 Å². The molecule has 0 saturated heterocycles. The molecule has 0 unspecified atom stereocenters. The van der Waals surface area contributed by atoms with Crippen molar-refractivity contribution < 1.29 is 4.79 Å². The molecule has 3 aromatic rings. The van der Waals surface area contributed by atoms with Gasteiger partial charge in [0.15, 0.2) is 0 Å². The second-order valence-electron chi connectivity index (χ2n) is 5.75. The van der Waals surface area contributed by atoms with E-state index in [9.17, 15) is 4.79 Å². The van der Waals surface area contributed by atoms with Crippen molar-refractivity contribution in [3.63, 3.8) is 0 Å². The number of hydrogen-bond acceptors (Lipinski definition) is 3. The van der Waals surface area contributed by atoms with Crippen LogP contribution in [-0.4, -0.2) is 20.4 Å². The van der Waals surface area contributed by atoms with Gasteiger partial charge in [0.1, 0.15) is 5.82 Å². The van der Waals surface area contributed by atoms with Crippen molar-refractivity contribution in [2.45, 2.75) is 25.6 Å². The molecule has 1 aromatic carbocycles. The molecule has 5 heteroatoms. The van der Waals surface area contributed by atoms with Crippen molar-refractivity contribution in [3.05, 3.63) is 76.5 Å². The van der Waals surface area contributed by atoms with E-state index in [0.717, 1.165) is 17.9 Å². The molecule has 0 spiro atoms. The van der Waals surface area contributed by atoms with E-state index in [0.29, 0.717) is 13.0 Å². The molecule has 1 aliphatic rings. The van der Waals surface area contributed by atoms with Crippen molar-refractivity contribution in [1.82, 2.24) is 14.5 Å². The number of benzene rings is 1. The Balaban J connectivity index is 1.65. The summed E-state index contributed by atoms with van der Waals surface area (Å²) < 4.78 is 2.14. The maximum Gasteiger partial charge on any atom is 0.228 e. The van der Waals surface area contributed by atoms with Gasteiger partial charge in [0.05, 0.1) is 19.0 Å². The zero-order chi connectivity index (χ0) is 15.6. The number of imidazole rings is 1. The molecule has 0 fully saturated rings. The second kappa shape index (κ2) is 6.01. The third-order valence-electron chi connectivity index (χ3n) is 4.30. The van der Waals surface area contributed by atoms with E-state index in [1.807, 2.05) is 52.3 Å². The Bertz CT molecular complexity index is 795. The van der Waals surface area contributed by atoms with Gasteiger partial charge in [-0.05, 0) is 28.0 Å². The van der Waals surface area contributed by atoms with E-state index < -0.39 is 0 Å². The average Bonchev–Trinajstić information content (AvgIpc) is 3.25. The lowest BCUT2D eigenvalue weighted by atomic mass is 10.0. The fourth-order valence-electron chi connectivity index (χ4n) is 3.10. The summed E-state index contributed by atoms with van der Waals surface area (Å²) >= 11 is 1.63. The first-order valence-electron chi connectivity index (χ1n) is 7.67. The first-order chi connectivity index (χ1) is 11.3. The molecule has 1 aliphatic heterocycles. The monoisotopic (exact) mass is 323 g/mol. The Morgan fingerprint density at radius 1 is 1.26 bits per heavy atom.